The highest BCUT2D eigenvalue weighted by Crippen LogP contribution is 2.36. The maximum atomic E-state index is 12.4. The first kappa shape index (κ1) is 18.1. The lowest BCUT2D eigenvalue weighted by molar-refractivity contribution is 0.0468. The predicted molar refractivity (Wildman–Crippen MR) is 98.1 cm³/mol. The standard InChI is InChI=1S/C19H19ClN2O4/c1-3-8-25-18-15(20)9-13(10-16(18)24-2)19(23)26-12-14-11-22-7-5-4-6-17(22)21-14/h4-7,9-11H,3,8,12H2,1-2H3. The summed E-state index contributed by atoms with van der Waals surface area (Å²) < 4.78 is 18.1. The normalized spacial score (nSPS) is 10.7. The van der Waals surface area contributed by atoms with Gasteiger partial charge in [-0.1, -0.05) is 24.6 Å². The van der Waals surface area contributed by atoms with Crippen molar-refractivity contribution in [2.45, 2.75) is 20.0 Å². The third kappa shape index (κ3) is 3.91. The van der Waals surface area contributed by atoms with Crippen LogP contribution in [0.25, 0.3) is 5.65 Å². The summed E-state index contributed by atoms with van der Waals surface area (Å²) in [4.78, 5) is 16.8. The summed E-state index contributed by atoms with van der Waals surface area (Å²) >= 11 is 6.24. The van der Waals surface area contributed by atoms with Crippen molar-refractivity contribution in [1.82, 2.24) is 9.38 Å². The molecule has 0 radical (unpaired) electrons. The number of methoxy groups -OCH3 is 1. The average Bonchev–Trinajstić information content (AvgIpc) is 3.07. The third-order valence-electron chi connectivity index (χ3n) is 3.68. The molecule has 0 aliphatic carbocycles. The summed E-state index contributed by atoms with van der Waals surface area (Å²) in [5, 5.41) is 0.303. The topological polar surface area (TPSA) is 62.1 Å². The lowest BCUT2D eigenvalue weighted by Gasteiger charge is -2.13. The van der Waals surface area contributed by atoms with Crippen LogP contribution in [0.1, 0.15) is 29.4 Å². The zero-order chi connectivity index (χ0) is 18.5. The minimum atomic E-state index is -0.510. The van der Waals surface area contributed by atoms with Gasteiger partial charge in [0.05, 0.1) is 30.0 Å². The molecule has 0 spiro atoms. The van der Waals surface area contributed by atoms with Crippen LogP contribution in [-0.4, -0.2) is 29.1 Å². The van der Waals surface area contributed by atoms with Crippen molar-refractivity contribution in [1.29, 1.82) is 0 Å². The molecule has 3 aromatic rings. The van der Waals surface area contributed by atoms with E-state index in [1.54, 1.807) is 6.07 Å². The van der Waals surface area contributed by atoms with Gasteiger partial charge in [-0.25, -0.2) is 9.78 Å². The number of halogens is 1. The van der Waals surface area contributed by atoms with E-state index in [9.17, 15) is 4.79 Å². The van der Waals surface area contributed by atoms with E-state index in [1.165, 1.54) is 13.2 Å². The molecule has 136 valence electrons. The van der Waals surface area contributed by atoms with Crippen molar-refractivity contribution in [3.05, 3.63) is 59.0 Å². The van der Waals surface area contributed by atoms with E-state index in [-0.39, 0.29) is 6.61 Å². The van der Waals surface area contributed by atoms with Gasteiger partial charge in [0.15, 0.2) is 11.5 Å². The smallest absolute Gasteiger partial charge is 0.338 e. The summed E-state index contributed by atoms with van der Waals surface area (Å²) in [6.45, 7) is 2.56. The third-order valence-corrected chi connectivity index (χ3v) is 3.96. The maximum Gasteiger partial charge on any atom is 0.338 e. The van der Waals surface area contributed by atoms with Crippen LogP contribution in [0.5, 0.6) is 11.5 Å². The Morgan fingerprint density at radius 1 is 1.31 bits per heavy atom. The Labute approximate surface area is 156 Å². The van der Waals surface area contributed by atoms with Crippen molar-refractivity contribution in [2.24, 2.45) is 0 Å². The molecule has 0 unspecified atom stereocenters. The van der Waals surface area contributed by atoms with Gasteiger partial charge in [0.1, 0.15) is 12.3 Å². The summed E-state index contributed by atoms with van der Waals surface area (Å²) in [6, 6.07) is 8.75. The molecule has 0 N–H and O–H groups in total. The molecule has 0 bridgehead atoms. The largest absolute Gasteiger partial charge is 0.493 e. The van der Waals surface area contributed by atoms with Gasteiger partial charge < -0.3 is 18.6 Å². The highest BCUT2D eigenvalue weighted by atomic mass is 35.5. The molecule has 26 heavy (non-hydrogen) atoms. The summed E-state index contributed by atoms with van der Waals surface area (Å²) in [5.41, 5.74) is 1.74. The number of carbonyl (C=O) groups is 1. The number of rotatable bonds is 7. The molecule has 3 rings (SSSR count). The number of benzene rings is 1. The Morgan fingerprint density at radius 3 is 2.88 bits per heavy atom. The molecule has 0 aliphatic rings. The van der Waals surface area contributed by atoms with E-state index < -0.39 is 5.97 Å². The zero-order valence-corrected chi connectivity index (χ0v) is 15.3. The van der Waals surface area contributed by atoms with Crippen LogP contribution < -0.4 is 9.47 Å². The van der Waals surface area contributed by atoms with Crippen molar-refractivity contribution < 1.29 is 19.0 Å². The fraction of sp³-hybridized carbons (Fsp3) is 0.263. The van der Waals surface area contributed by atoms with Gasteiger partial charge in [0, 0.05) is 12.4 Å². The van der Waals surface area contributed by atoms with E-state index in [4.69, 9.17) is 25.8 Å². The maximum absolute atomic E-state index is 12.4. The second-order valence-electron chi connectivity index (χ2n) is 5.61. The summed E-state index contributed by atoms with van der Waals surface area (Å²) in [7, 11) is 1.50. The van der Waals surface area contributed by atoms with Crippen molar-refractivity contribution >= 4 is 23.2 Å². The molecule has 6 nitrogen and oxygen atoms in total. The average molecular weight is 375 g/mol. The lowest BCUT2D eigenvalue weighted by atomic mass is 10.2. The van der Waals surface area contributed by atoms with Crippen molar-refractivity contribution in [3.63, 3.8) is 0 Å². The molecule has 2 aromatic heterocycles. The number of imidazole rings is 1. The Hall–Kier alpha value is -2.73. The predicted octanol–water partition coefficient (Wildman–Crippen LogP) is 4.14. The number of ether oxygens (including phenoxy) is 3. The van der Waals surface area contributed by atoms with Crippen LogP contribution in [-0.2, 0) is 11.3 Å². The summed E-state index contributed by atoms with van der Waals surface area (Å²) in [6.07, 6.45) is 4.54. The van der Waals surface area contributed by atoms with Gasteiger partial charge in [0.25, 0.3) is 0 Å². The molecule has 1 aromatic carbocycles. The van der Waals surface area contributed by atoms with Crippen LogP contribution in [0.3, 0.4) is 0 Å². The van der Waals surface area contributed by atoms with E-state index in [0.29, 0.717) is 34.4 Å². The first-order valence-corrected chi connectivity index (χ1v) is 8.60. The molecule has 0 saturated heterocycles. The highest BCUT2D eigenvalue weighted by molar-refractivity contribution is 6.32. The summed E-state index contributed by atoms with van der Waals surface area (Å²) in [5.74, 6) is 0.308. The minimum absolute atomic E-state index is 0.0640. The number of pyridine rings is 1. The van der Waals surface area contributed by atoms with Crippen LogP contribution in [0.4, 0.5) is 0 Å². The molecule has 2 heterocycles. The van der Waals surface area contributed by atoms with Crippen LogP contribution in [0, 0.1) is 0 Å². The van der Waals surface area contributed by atoms with Gasteiger partial charge in [0.2, 0.25) is 0 Å². The first-order chi connectivity index (χ1) is 12.6. The fourth-order valence-corrected chi connectivity index (χ4v) is 2.73. The number of carbonyl (C=O) groups excluding carboxylic acids is 1. The van der Waals surface area contributed by atoms with Gasteiger partial charge in [-0.15, -0.1) is 0 Å². The number of fused-ring (bicyclic) bond motifs is 1. The van der Waals surface area contributed by atoms with Crippen LogP contribution >= 0.6 is 11.6 Å². The molecule has 0 saturated carbocycles. The van der Waals surface area contributed by atoms with Crippen molar-refractivity contribution in [3.8, 4) is 11.5 Å². The highest BCUT2D eigenvalue weighted by Gasteiger charge is 2.17. The van der Waals surface area contributed by atoms with Gasteiger partial charge in [-0.05, 0) is 30.7 Å². The molecule has 0 atom stereocenters. The second-order valence-corrected chi connectivity index (χ2v) is 6.02. The first-order valence-electron chi connectivity index (χ1n) is 8.22. The molecule has 0 fully saturated rings. The van der Waals surface area contributed by atoms with Crippen LogP contribution in [0.15, 0.2) is 42.7 Å². The monoisotopic (exact) mass is 374 g/mol. The van der Waals surface area contributed by atoms with Gasteiger partial charge >= 0.3 is 5.97 Å². The number of hydrogen-bond donors (Lipinski definition) is 0. The Kier molecular flexibility index (Phi) is 5.63. The zero-order valence-electron chi connectivity index (χ0n) is 14.6. The quantitative estimate of drug-likeness (QED) is 0.581. The van der Waals surface area contributed by atoms with Gasteiger partial charge in [-0.2, -0.15) is 0 Å². The number of esters is 1. The van der Waals surface area contributed by atoms with E-state index in [1.807, 2.05) is 41.9 Å². The Morgan fingerprint density at radius 2 is 2.15 bits per heavy atom. The molecule has 7 heteroatoms. The lowest BCUT2D eigenvalue weighted by Crippen LogP contribution is -2.07. The second kappa shape index (κ2) is 8.10. The van der Waals surface area contributed by atoms with Gasteiger partial charge in [-0.3, -0.25) is 0 Å². The minimum Gasteiger partial charge on any atom is -0.493 e. The number of aromatic nitrogens is 2. The Balaban J connectivity index is 1.73. The SMILES string of the molecule is CCCOc1c(Cl)cc(C(=O)OCc2cn3ccccc3n2)cc1OC. The number of nitrogens with zero attached hydrogens (tertiary/aromatic N) is 2. The molecule has 0 amide bonds. The molecule has 0 aliphatic heterocycles. The molecular weight excluding hydrogens is 356 g/mol. The number of hydrogen-bond acceptors (Lipinski definition) is 5. The van der Waals surface area contributed by atoms with E-state index >= 15 is 0 Å². The van der Waals surface area contributed by atoms with Crippen LogP contribution in [0.2, 0.25) is 5.02 Å². The van der Waals surface area contributed by atoms with E-state index in [0.717, 1.165) is 12.1 Å². The van der Waals surface area contributed by atoms with E-state index in [2.05, 4.69) is 4.98 Å². The fourth-order valence-electron chi connectivity index (χ4n) is 2.46. The Bertz CT molecular complexity index is 890. The van der Waals surface area contributed by atoms with Crippen molar-refractivity contribution in [2.75, 3.05) is 13.7 Å². The molecular formula is C19H19ClN2O4.